The Kier molecular flexibility index (Phi) is 4.71. The van der Waals surface area contributed by atoms with Crippen LogP contribution in [0.5, 0.6) is 0 Å². The average molecular weight is 243 g/mol. The van der Waals surface area contributed by atoms with Crippen molar-refractivity contribution in [3.8, 4) is 0 Å². The molecule has 0 atom stereocenters. The third-order valence-electron chi connectivity index (χ3n) is 1.66. The van der Waals surface area contributed by atoms with Crippen molar-refractivity contribution in [1.82, 2.24) is 10.3 Å². The maximum atomic E-state index is 10.6. The van der Waals surface area contributed by atoms with E-state index in [2.05, 4.69) is 15.6 Å². The Morgan fingerprint density at radius 2 is 2.25 bits per heavy atom. The monoisotopic (exact) mass is 243 g/mol. The average Bonchev–Trinajstić information content (AvgIpc) is 2.59. The van der Waals surface area contributed by atoms with Crippen LogP contribution in [0.4, 0.5) is 5.13 Å². The van der Waals surface area contributed by atoms with E-state index < -0.39 is 5.97 Å². The normalized spacial score (nSPS) is 9.81. The minimum atomic E-state index is -0.893. The number of carboxylic acids is 1. The van der Waals surface area contributed by atoms with E-state index in [9.17, 15) is 9.59 Å². The molecule has 0 aliphatic heterocycles. The van der Waals surface area contributed by atoms with Crippen molar-refractivity contribution < 1.29 is 14.7 Å². The first-order chi connectivity index (χ1) is 7.58. The van der Waals surface area contributed by atoms with Crippen molar-refractivity contribution in [3.05, 3.63) is 11.1 Å². The van der Waals surface area contributed by atoms with Crippen molar-refractivity contribution in [2.24, 2.45) is 0 Å². The summed E-state index contributed by atoms with van der Waals surface area (Å²) in [6.45, 7) is 2.54. The Labute approximate surface area is 96.7 Å². The summed E-state index contributed by atoms with van der Waals surface area (Å²) in [5, 5.41) is 16.5. The van der Waals surface area contributed by atoms with Crippen LogP contribution in [-0.2, 0) is 16.0 Å². The lowest BCUT2D eigenvalue weighted by molar-refractivity contribution is -0.136. The van der Waals surface area contributed by atoms with Crippen molar-refractivity contribution in [2.45, 2.75) is 13.3 Å². The fraction of sp³-hybridized carbons (Fsp3) is 0.444. The fourth-order valence-corrected chi connectivity index (χ4v) is 1.77. The SMILES string of the molecule is CC(=O)NCCNc1nc(CC(=O)O)cs1. The Hall–Kier alpha value is -1.63. The second kappa shape index (κ2) is 6.06. The van der Waals surface area contributed by atoms with Crippen LogP contribution in [0, 0.1) is 0 Å². The topological polar surface area (TPSA) is 91.3 Å². The van der Waals surface area contributed by atoms with E-state index in [1.54, 1.807) is 5.38 Å². The summed E-state index contributed by atoms with van der Waals surface area (Å²) in [7, 11) is 0. The third-order valence-corrected chi connectivity index (χ3v) is 2.51. The van der Waals surface area contributed by atoms with Crippen molar-refractivity contribution in [1.29, 1.82) is 0 Å². The van der Waals surface area contributed by atoms with Gasteiger partial charge in [-0.2, -0.15) is 0 Å². The van der Waals surface area contributed by atoms with Gasteiger partial charge in [-0.15, -0.1) is 11.3 Å². The van der Waals surface area contributed by atoms with Gasteiger partial charge in [-0.3, -0.25) is 9.59 Å². The number of hydrogen-bond donors (Lipinski definition) is 3. The van der Waals surface area contributed by atoms with E-state index in [0.717, 1.165) is 0 Å². The molecule has 0 saturated carbocycles. The molecule has 3 N–H and O–H groups in total. The molecule has 1 aromatic rings. The highest BCUT2D eigenvalue weighted by atomic mass is 32.1. The molecular weight excluding hydrogens is 230 g/mol. The highest BCUT2D eigenvalue weighted by Crippen LogP contribution is 2.15. The lowest BCUT2D eigenvalue weighted by Gasteiger charge is -2.02. The second-order valence-electron chi connectivity index (χ2n) is 3.12. The number of nitrogens with one attached hydrogen (secondary N) is 2. The quantitative estimate of drug-likeness (QED) is 0.626. The minimum absolute atomic E-state index is 0.0656. The molecule has 16 heavy (non-hydrogen) atoms. The van der Waals surface area contributed by atoms with Gasteiger partial charge in [0.25, 0.3) is 0 Å². The summed E-state index contributed by atoms with van der Waals surface area (Å²) in [5.41, 5.74) is 0.541. The number of hydrogen-bond acceptors (Lipinski definition) is 5. The number of carboxylic acid groups (broad SMARTS) is 1. The maximum absolute atomic E-state index is 10.6. The molecule has 0 saturated heterocycles. The van der Waals surface area contributed by atoms with Crippen molar-refractivity contribution in [2.75, 3.05) is 18.4 Å². The van der Waals surface area contributed by atoms with E-state index in [1.165, 1.54) is 18.3 Å². The van der Waals surface area contributed by atoms with E-state index in [1.807, 2.05) is 0 Å². The van der Waals surface area contributed by atoms with Gasteiger partial charge in [0.2, 0.25) is 5.91 Å². The number of anilines is 1. The van der Waals surface area contributed by atoms with Gasteiger partial charge in [-0.1, -0.05) is 0 Å². The number of rotatable bonds is 6. The molecule has 1 heterocycles. The van der Waals surface area contributed by atoms with Gasteiger partial charge in [0.1, 0.15) is 0 Å². The number of carbonyl (C=O) groups is 2. The fourth-order valence-electron chi connectivity index (χ4n) is 1.03. The van der Waals surface area contributed by atoms with E-state index >= 15 is 0 Å². The third kappa shape index (κ3) is 4.74. The smallest absolute Gasteiger partial charge is 0.309 e. The van der Waals surface area contributed by atoms with Crippen LogP contribution in [-0.4, -0.2) is 35.1 Å². The Balaban J connectivity index is 2.29. The Morgan fingerprint density at radius 1 is 1.50 bits per heavy atom. The molecule has 0 radical (unpaired) electrons. The van der Waals surface area contributed by atoms with E-state index in [0.29, 0.717) is 23.9 Å². The summed E-state index contributed by atoms with van der Waals surface area (Å²) in [6.07, 6.45) is -0.0656. The summed E-state index contributed by atoms with van der Waals surface area (Å²) in [5.74, 6) is -0.970. The Bertz CT molecular complexity index is 378. The standard InChI is InChI=1S/C9H13N3O3S/c1-6(13)10-2-3-11-9-12-7(5-16-9)4-8(14)15/h5H,2-4H2,1H3,(H,10,13)(H,11,12)(H,14,15). The van der Waals surface area contributed by atoms with Gasteiger partial charge in [-0.25, -0.2) is 4.98 Å². The molecule has 0 fully saturated rings. The second-order valence-corrected chi connectivity index (χ2v) is 3.98. The van der Waals surface area contributed by atoms with Gasteiger partial charge < -0.3 is 15.7 Å². The maximum Gasteiger partial charge on any atom is 0.309 e. The van der Waals surface area contributed by atoms with Crippen LogP contribution in [0.1, 0.15) is 12.6 Å². The van der Waals surface area contributed by atoms with Crippen molar-refractivity contribution in [3.63, 3.8) is 0 Å². The molecule has 1 amide bonds. The molecule has 0 aromatic carbocycles. The van der Waals surface area contributed by atoms with Gasteiger partial charge in [0.05, 0.1) is 12.1 Å². The molecule has 6 nitrogen and oxygen atoms in total. The minimum Gasteiger partial charge on any atom is -0.481 e. The van der Waals surface area contributed by atoms with Crippen molar-refractivity contribution >= 4 is 28.3 Å². The number of aromatic nitrogens is 1. The molecule has 1 aromatic heterocycles. The van der Waals surface area contributed by atoms with Crippen LogP contribution in [0.25, 0.3) is 0 Å². The predicted octanol–water partition coefficient (Wildman–Crippen LogP) is 0.318. The number of amides is 1. The summed E-state index contributed by atoms with van der Waals surface area (Å²) in [6, 6.07) is 0. The van der Waals surface area contributed by atoms with E-state index in [4.69, 9.17) is 5.11 Å². The molecule has 1 rings (SSSR count). The highest BCUT2D eigenvalue weighted by Gasteiger charge is 2.05. The zero-order chi connectivity index (χ0) is 12.0. The van der Waals surface area contributed by atoms with Crippen LogP contribution in [0.2, 0.25) is 0 Å². The number of carbonyl (C=O) groups excluding carboxylic acids is 1. The summed E-state index contributed by atoms with van der Waals surface area (Å²) >= 11 is 1.35. The molecule has 0 bridgehead atoms. The summed E-state index contributed by atoms with van der Waals surface area (Å²) < 4.78 is 0. The molecule has 0 aliphatic carbocycles. The first-order valence-electron chi connectivity index (χ1n) is 4.72. The zero-order valence-corrected chi connectivity index (χ0v) is 9.63. The molecule has 88 valence electrons. The van der Waals surface area contributed by atoms with Crippen LogP contribution < -0.4 is 10.6 Å². The largest absolute Gasteiger partial charge is 0.481 e. The number of nitrogens with zero attached hydrogens (tertiary/aromatic N) is 1. The molecule has 7 heteroatoms. The van der Waals surface area contributed by atoms with E-state index in [-0.39, 0.29) is 12.3 Å². The lowest BCUT2D eigenvalue weighted by Crippen LogP contribution is -2.26. The van der Waals surface area contributed by atoms with Gasteiger partial charge >= 0.3 is 5.97 Å². The van der Waals surface area contributed by atoms with Crippen LogP contribution >= 0.6 is 11.3 Å². The first kappa shape index (κ1) is 12.4. The van der Waals surface area contributed by atoms with Crippen LogP contribution in [0.15, 0.2) is 5.38 Å². The predicted molar refractivity (Wildman–Crippen MR) is 60.6 cm³/mol. The van der Waals surface area contributed by atoms with Gasteiger partial charge in [0.15, 0.2) is 5.13 Å². The van der Waals surface area contributed by atoms with Crippen LogP contribution in [0.3, 0.4) is 0 Å². The molecular formula is C9H13N3O3S. The molecule has 0 aliphatic rings. The zero-order valence-electron chi connectivity index (χ0n) is 8.82. The summed E-state index contributed by atoms with van der Waals surface area (Å²) in [4.78, 5) is 25.1. The lowest BCUT2D eigenvalue weighted by atomic mass is 10.3. The highest BCUT2D eigenvalue weighted by molar-refractivity contribution is 7.13. The van der Waals surface area contributed by atoms with Gasteiger partial charge in [0, 0.05) is 25.4 Å². The first-order valence-corrected chi connectivity index (χ1v) is 5.60. The Morgan fingerprint density at radius 3 is 2.88 bits per heavy atom. The number of aliphatic carboxylic acids is 1. The number of thiazole rings is 1. The molecule has 0 unspecified atom stereocenters. The molecule has 0 spiro atoms. The van der Waals surface area contributed by atoms with Gasteiger partial charge in [-0.05, 0) is 0 Å².